The Balaban J connectivity index is 1.86. The summed E-state index contributed by atoms with van der Waals surface area (Å²) >= 11 is 5.73. The minimum absolute atomic E-state index is 0.196. The Morgan fingerprint density at radius 2 is 1.80 bits per heavy atom. The summed E-state index contributed by atoms with van der Waals surface area (Å²) in [6, 6.07) is 1.57. The predicted molar refractivity (Wildman–Crippen MR) is 77.2 cm³/mol. The molecule has 0 aromatic carbocycles. The summed E-state index contributed by atoms with van der Waals surface area (Å²) in [5, 5.41) is 0. The van der Waals surface area contributed by atoms with Gasteiger partial charge in [0.05, 0.1) is 5.88 Å². The molecule has 1 heterocycles. The minimum atomic E-state index is -3.45. The minimum Gasteiger partial charge on any atom is -0.464 e. The van der Waals surface area contributed by atoms with E-state index in [1.165, 1.54) is 0 Å². The van der Waals surface area contributed by atoms with Gasteiger partial charge in [-0.25, -0.2) is 8.42 Å². The lowest BCUT2D eigenvalue weighted by Crippen LogP contribution is -2.34. The van der Waals surface area contributed by atoms with Gasteiger partial charge in [-0.2, -0.15) is 4.31 Å². The number of hydrogen-bond acceptors (Lipinski definition) is 3. The monoisotopic (exact) mass is 317 g/mol. The highest BCUT2D eigenvalue weighted by atomic mass is 35.5. The van der Waals surface area contributed by atoms with Crippen LogP contribution in [0.4, 0.5) is 0 Å². The lowest BCUT2D eigenvalue weighted by atomic mass is 10.4. The molecule has 0 radical (unpaired) electrons. The van der Waals surface area contributed by atoms with Gasteiger partial charge in [0.2, 0.25) is 10.0 Å². The number of rotatable bonds is 7. The Hall–Kier alpha value is -0.520. The second-order valence-electron chi connectivity index (χ2n) is 5.98. The molecule has 0 bridgehead atoms. The summed E-state index contributed by atoms with van der Waals surface area (Å²) in [7, 11) is -3.45. The fraction of sp³-hybridized carbons (Fsp3) is 0.714. The van der Waals surface area contributed by atoms with E-state index < -0.39 is 10.0 Å². The molecule has 6 heteroatoms. The maximum absolute atomic E-state index is 12.8. The molecule has 20 heavy (non-hydrogen) atoms. The summed E-state index contributed by atoms with van der Waals surface area (Å²) in [4.78, 5) is 0.287. The van der Waals surface area contributed by atoms with E-state index in [2.05, 4.69) is 0 Å². The summed E-state index contributed by atoms with van der Waals surface area (Å²) < 4.78 is 32.7. The van der Waals surface area contributed by atoms with Crippen LogP contribution in [-0.4, -0.2) is 25.8 Å². The predicted octanol–water partition coefficient (Wildman–Crippen LogP) is 3.14. The van der Waals surface area contributed by atoms with Gasteiger partial charge in [0, 0.05) is 19.2 Å². The molecule has 1 aromatic heterocycles. The number of nitrogens with zero attached hydrogens (tertiary/aromatic N) is 1. The quantitative estimate of drug-likeness (QED) is 0.726. The molecule has 0 N–H and O–H groups in total. The van der Waals surface area contributed by atoms with E-state index in [9.17, 15) is 8.42 Å². The number of furan rings is 1. The average molecular weight is 318 g/mol. The van der Waals surface area contributed by atoms with Crippen molar-refractivity contribution >= 4 is 21.6 Å². The zero-order valence-corrected chi connectivity index (χ0v) is 13.2. The van der Waals surface area contributed by atoms with Crippen LogP contribution in [0.3, 0.4) is 0 Å². The van der Waals surface area contributed by atoms with Gasteiger partial charge in [0.25, 0.3) is 0 Å². The summed E-state index contributed by atoms with van der Waals surface area (Å²) in [5.41, 5.74) is 0. The summed E-state index contributed by atoms with van der Waals surface area (Å²) in [5.74, 6) is 2.24. The highest BCUT2D eigenvalue weighted by molar-refractivity contribution is 7.89. The average Bonchev–Trinajstić information content (AvgIpc) is 3.30. The van der Waals surface area contributed by atoms with E-state index in [0.717, 1.165) is 25.7 Å². The largest absolute Gasteiger partial charge is 0.464 e. The highest BCUT2D eigenvalue weighted by Crippen LogP contribution is 2.36. The van der Waals surface area contributed by atoms with Crippen molar-refractivity contribution in [3.05, 3.63) is 17.6 Å². The van der Waals surface area contributed by atoms with Gasteiger partial charge in [-0.05, 0) is 44.4 Å². The van der Waals surface area contributed by atoms with E-state index in [-0.39, 0.29) is 10.8 Å². The van der Waals surface area contributed by atoms with Crippen LogP contribution in [0.15, 0.2) is 15.4 Å². The lowest BCUT2D eigenvalue weighted by molar-refractivity contribution is 0.380. The zero-order valence-electron chi connectivity index (χ0n) is 11.6. The standard InChI is InChI=1S/C14H20ClNO3S/c1-10-14(6-13(7-15)19-10)20(17,18)16(8-11-2-3-11)9-12-4-5-12/h6,11-12H,2-5,7-9H2,1H3. The van der Waals surface area contributed by atoms with Crippen molar-refractivity contribution in [1.82, 2.24) is 4.31 Å². The normalized spacial score (nSPS) is 19.8. The van der Waals surface area contributed by atoms with Crippen molar-refractivity contribution in [2.24, 2.45) is 11.8 Å². The second kappa shape index (κ2) is 5.35. The first kappa shape index (κ1) is 14.4. The maximum Gasteiger partial charge on any atom is 0.246 e. The molecule has 0 amide bonds. The molecule has 2 aliphatic carbocycles. The molecule has 2 fully saturated rings. The number of hydrogen-bond donors (Lipinski definition) is 0. The first-order valence-corrected chi connectivity index (χ1v) is 9.13. The Morgan fingerprint density at radius 3 is 2.20 bits per heavy atom. The third kappa shape index (κ3) is 3.05. The van der Waals surface area contributed by atoms with Crippen LogP contribution in [0.5, 0.6) is 0 Å². The van der Waals surface area contributed by atoms with Gasteiger partial charge in [-0.15, -0.1) is 11.6 Å². The molecule has 112 valence electrons. The summed E-state index contributed by atoms with van der Waals surface area (Å²) in [6.07, 6.45) is 4.59. The molecule has 1 aromatic rings. The fourth-order valence-electron chi connectivity index (χ4n) is 2.43. The third-order valence-corrected chi connectivity index (χ3v) is 6.19. The number of sulfonamides is 1. The van der Waals surface area contributed by atoms with Gasteiger partial charge in [-0.3, -0.25) is 0 Å². The number of alkyl halides is 1. The molecule has 0 saturated heterocycles. The van der Waals surface area contributed by atoms with Crippen LogP contribution >= 0.6 is 11.6 Å². The van der Waals surface area contributed by atoms with E-state index in [4.69, 9.17) is 16.0 Å². The molecule has 0 atom stereocenters. The molecular formula is C14H20ClNO3S. The van der Waals surface area contributed by atoms with Crippen molar-refractivity contribution in [1.29, 1.82) is 0 Å². The van der Waals surface area contributed by atoms with Crippen LogP contribution in [0.25, 0.3) is 0 Å². The Morgan fingerprint density at radius 1 is 1.25 bits per heavy atom. The molecule has 3 rings (SSSR count). The molecule has 4 nitrogen and oxygen atoms in total. The van der Waals surface area contributed by atoms with Crippen molar-refractivity contribution in [2.45, 2.75) is 43.4 Å². The Kier molecular flexibility index (Phi) is 3.86. The van der Waals surface area contributed by atoms with Gasteiger partial charge in [0.1, 0.15) is 16.4 Å². The van der Waals surface area contributed by atoms with Crippen LogP contribution in [0, 0.1) is 18.8 Å². The van der Waals surface area contributed by atoms with E-state index in [1.54, 1.807) is 17.3 Å². The zero-order chi connectivity index (χ0) is 14.3. The van der Waals surface area contributed by atoms with Crippen LogP contribution in [0.2, 0.25) is 0 Å². The van der Waals surface area contributed by atoms with Crippen LogP contribution < -0.4 is 0 Å². The van der Waals surface area contributed by atoms with Crippen LogP contribution in [0.1, 0.15) is 37.2 Å². The third-order valence-electron chi connectivity index (χ3n) is 3.99. The first-order chi connectivity index (χ1) is 9.50. The lowest BCUT2D eigenvalue weighted by Gasteiger charge is -2.21. The van der Waals surface area contributed by atoms with Gasteiger partial charge < -0.3 is 4.42 Å². The smallest absolute Gasteiger partial charge is 0.246 e. The molecule has 0 aliphatic heterocycles. The molecule has 2 saturated carbocycles. The van der Waals surface area contributed by atoms with Crippen molar-refractivity contribution in [2.75, 3.05) is 13.1 Å². The topological polar surface area (TPSA) is 50.5 Å². The van der Waals surface area contributed by atoms with Crippen molar-refractivity contribution in [3.63, 3.8) is 0 Å². The van der Waals surface area contributed by atoms with E-state index >= 15 is 0 Å². The van der Waals surface area contributed by atoms with E-state index in [0.29, 0.717) is 36.4 Å². The van der Waals surface area contributed by atoms with Gasteiger partial charge >= 0.3 is 0 Å². The van der Waals surface area contributed by atoms with Gasteiger partial charge in [0.15, 0.2) is 0 Å². The molecule has 2 aliphatic rings. The molecular weight excluding hydrogens is 298 g/mol. The highest BCUT2D eigenvalue weighted by Gasteiger charge is 2.37. The van der Waals surface area contributed by atoms with E-state index in [1.807, 2.05) is 0 Å². The summed E-state index contributed by atoms with van der Waals surface area (Å²) in [6.45, 7) is 2.99. The first-order valence-electron chi connectivity index (χ1n) is 7.16. The molecule has 0 spiro atoms. The van der Waals surface area contributed by atoms with Crippen molar-refractivity contribution in [3.8, 4) is 0 Å². The van der Waals surface area contributed by atoms with Crippen LogP contribution in [-0.2, 0) is 15.9 Å². The Bertz CT molecular complexity index is 574. The Labute approximate surface area is 125 Å². The second-order valence-corrected chi connectivity index (χ2v) is 8.15. The fourth-order valence-corrected chi connectivity index (χ4v) is 4.34. The number of halogens is 1. The maximum atomic E-state index is 12.8. The molecule has 0 unspecified atom stereocenters. The van der Waals surface area contributed by atoms with Crippen molar-refractivity contribution < 1.29 is 12.8 Å². The number of aryl methyl sites for hydroxylation is 1. The SMILES string of the molecule is Cc1oc(CCl)cc1S(=O)(=O)N(CC1CC1)CC1CC1. The van der Waals surface area contributed by atoms with Gasteiger partial charge in [-0.1, -0.05) is 0 Å².